The molecule has 0 saturated heterocycles. The molecule has 0 heterocycles. The summed E-state index contributed by atoms with van der Waals surface area (Å²) in [6, 6.07) is 13.1. The fourth-order valence-electron chi connectivity index (χ4n) is 3.39. The van der Waals surface area contributed by atoms with Gasteiger partial charge in [-0.25, -0.2) is 8.42 Å². The van der Waals surface area contributed by atoms with Crippen LogP contribution in [0, 0.1) is 14.4 Å². The van der Waals surface area contributed by atoms with Gasteiger partial charge in [0.1, 0.15) is 15.9 Å². The Morgan fingerprint density at radius 1 is 0.867 bits per heavy atom. The summed E-state index contributed by atoms with van der Waals surface area (Å²) in [4.78, 5) is 25.5. The molecule has 0 radical (unpaired) electrons. The molecule has 4 rings (SSSR count). The highest BCUT2D eigenvalue weighted by Crippen LogP contribution is 2.38. The van der Waals surface area contributed by atoms with Gasteiger partial charge in [0.15, 0.2) is 11.6 Å². The molecule has 0 atom stereocenters. The molecule has 152 valence electrons. The molecule has 3 aromatic rings. The monoisotopic (exact) mass is 423 g/mol. The van der Waals surface area contributed by atoms with Crippen molar-refractivity contribution in [1.29, 1.82) is 0 Å². The van der Waals surface area contributed by atoms with Crippen LogP contribution in [0.1, 0.15) is 37.4 Å². The number of rotatable bonds is 3. The molecule has 0 bridgehead atoms. The summed E-state index contributed by atoms with van der Waals surface area (Å²) < 4.78 is 35.0. The van der Waals surface area contributed by atoms with Gasteiger partial charge < -0.3 is 15.0 Å². The van der Waals surface area contributed by atoms with E-state index in [1.807, 2.05) is 0 Å². The van der Waals surface area contributed by atoms with E-state index in [4.69, 9.17) is 0 Å². The first-order valence-corrected chi connectivity index (χ1v) is 9.97. The topological polar surface area (TPSA) is 124 Å². The predicted molar refractivity (Wildman–Crippen MR) is 110 cm³/mol. The van der Waals surface area contributed by atoms with Gasteiger partial charge >= 0.3 is 0 Å². The summed E-state index contributed by atoms with van der Waals surface area (Å²) in [6.07, 6.45) is 0. The number of phenols is 1. The van der Waals surface area contributed by atoms with E-state index in [-0.39, 0.29) is 46.8 Å². The lowest BCUT2D eigenvalue weighted by Gasteiger charge is -2.22. The SMILES string of the molecule is Cc1ccc(Nc2ccc(O)c3c2C(=O)c2ccccc2C3=O)c(S(=O)(=O)[O-])c1.[CH3+]. The molecule has 0 fully saturated rings. The van der Waals surface area contributed by atoms with Crippen LogP contribution in [0.3, 0.4) is 0 Å². The van der Waals surface area contributed by atoms with Crippen LogP contribution in [0.5, 0.6) is 5.75 Å². The molecule has 8 heteroatoms. The fourth-order valence-corrected chi connectivity index (χ4v) is 4.11. The van der Waals surface area contributed by atoms with E-state index in [0.717, 1.165) is 0 Å². The minimum absolute atomic E-state index is 0. The zero-order valence-electron chi connectivity index (χ0n) is 16.1. The van der Waals surface area contributed by atoms with Gasteiger partial charge in [-0.15, -0.1) is 0 Å². The van der Waals surface area contributed by atoms with E-state index in [2.05, 4.69) is 5.32 Å². The lowest BCUT2D eigenvalue weighted by atomic mass is 9.82. The third-order valence-corrected chi connectivity index (χ3v) is 5.61. The zero-order chi connectivity index (χ0) is 20.9. The maximum absolute atomic E-state index is 13.1. The molecule has 1 aliphatic carbocycles. The average Bonchev–Trinajstić information content (AvgIpc) is 2.68. The summed E-state index contributed by atoms with van der Waals surface area (Å²) in [5, 5.41) is 13.0. The normalized spacial score (nSPS) is 12.6. The lowest BCUT2D eigenvalue weighted by Crippen LogP contribution is -2.22. The Hall–Kier alpha value is -3.62. The smallest absolute Gasteiger partial charge is 0.198 e. The van der Waals surface area contributed by atoms with Crippen LogP contribution >= 0.6 is 0 Å². The van der Waals surface area contributed by atoms with Gasteiger partial charge in [-0.1, -0.05) is 30.3 Å². The quantitative estimate of drug-likeness (QED) is 0.293. The first-order valence-electron chi connectivity index (χ1n) is 8.56. The van der Waals surface area contributed by atoms with Crippen molar-refractivity contribution in [3.05, 3.63) is 89.8 Å². The van der Waals surface area contributed by atoms with E-state index in [9.17, 15) is 27.7 Å². The number of benzene rings is 3. The molecule has 1 aliphatic rings. The third kappa shape index (κ3) is 3.32. The van der Waals surface area contributed by atoms with Gasteiger partial charge in [-0.05, 0) is 36.8 Å². The first kappa shape index (κ1) is 21.1. The van der Waals surface area contributed by atoms with Gasteiger partial charge in [0.25, 0.3) is 0 Å². The second-order valence-electron chi connectivity index (χ2n) is 6.66. The number of carbonyl (C=O) groups excluding carboxylic acids is 2. The molecular weight excluding hydrogens is 406 g/mol. The maximum Gasteiger partial charge on any atom is 0.198 e. The van der Waals surface area contributed by atoms with Crippen LogP contribution in [0.15, 0.2) is 59.5 Å². The Morgan fingerprint density at radius 2 is 1.43 bits per heavy atom. The maximum atomic E-state index is 13.1. The summed E-state index contributed by atoms with van der Waals surface area (Å²) in [5.74, 6) is -1.37. The predicted octanol–water partition coefficient (Wildman–Crippen LogP) is 3.57. The van der Waals surface area contributed by atoms with Gasteiger partial charge in [-0.2, -0.15) is 0 Å². The molecule has 3 aromatic carbocycles. The molecule has 7 nitrogen and oxygen atoms in total. The van der Waals surface area contributed by atoms with Gasteiger partial charge in [0, 0.05) is 18.6 Å². The molecule has 0 unspecified atom stereocenters. The highest BCUT2D eigenvalue weighted by atomic mass is 32.2. The number of carbonyl (C=O) groups is 2. The van der Waals surface area contributed by atoms with E-state index >= 15 is 0 Å². The average molecular weight is 423 g/mol. The largest absolute Gasteiger partial charge is 0.744 e. The van der Waals surface area contributed by atoms with Crippen LogP contribution in [-0.2, 0) is 10.1 Å². The van der Waals surface area contributed by atoms with Gasteiger partial charge in [0.05, 0.1) is 27.4 Å². The van der Waals surface area contributed by atoms with Gasteiger partial charge in [0.2, 0.25) is 0 Å². The van der Waals surface area contributed by atoms with Crippen molar-refractivity contribution in [1.82, 2.24) is 0 Å². The van der Waals surface area contributed by atoms with Crippen molar-refractivity contribution >= 4 is 33.1 Å². The fraction of sp³-hybridized carbons (Fsp3) is 0.0455. The van der Waals surface area contributed by atoms with Crippen LogP contribution in [0.4, 0.5) is 11.4 Å². The Labute approximate surface area is 173 Å². The van der Waals surface area contributed by atoms with E-state index in [1.54, 1.807) is 25.1 Å². The lowest BCUT2D eigenvalue weighted by molar-refractivity contribution is 0.0977. The Morgan fingerprint density at radius 3 is 2.03 bits per heavy atom. The van der Waals surface area contributed by atoms with Gasteiger partial charge in [-0.3, -0.25) is 9.59 Å². The van der Waals surface area contributed by atoms with Crippen LogP contribution < -0.4 is 5.32 Å². The number of phenolic OH excluding ortho intramolecular Hbond substituents is 1. The summed E-state index contributed by atoms with van der Waals surface area (Å²) in [6.45, 7) is 1.64. The van der Waals surface area contributed by atoms with Crippen molar-refractivity contribution in [3.8, 4) is 5.75 Å². The van der Waals surface area contributed by atoms with Crippen LogP contribution in [0.2, 0.25) is 0 Å². The van der Waals surface area contributed by atoms with Crippen LogP contribution in [-0.4, -0.2) is 29.6 Å². The van der Waals surface area contributed by atoms with Crippen molar-refractivity contribution < 1.29 is 27.7 Å². The molecule has 0 aliphatic heterocycles. The van der Waals surface area contributed by atoms with Crippen LogP contribution in [0.25, 0.3) is 0 Å². The minimum atomic E-state index is -4.79. The Kier molecular flexibility index (Phi) is 5.15. The first-order chi connectivity index (χ1) is 13.7. The second-order valence-corrected chi connectivity index (χ2v) is 8.01. The Bertz CT molecular complexity index is 1310. The summed E-state index contributed by atoms with van der Waals surface area (Å²) in [7, 11) is -4.79. The number of ketones is 2. The number of hydrogen-bond acceptors (Lipinski definition) is 7. The number of hydrogen-bond donors (Lipinski definition) is 2. The van der Waals surface area contributed by atoms with E-state index in [0.29, 0.717) is 5.56 Å². The molecular formula is C22H17NO6S. The molecule has 2 N–H and O–H groups in total. The number of anilines is 2. The number of fused-ring (bicyclic) bond motifs is 2. The molecule has 0 aromatic heterocycles. The third-order valence-electron chi connectivity index (χ3n) is 4.73. The van der Waals surface area contributed by atoms with Crippen molar-refractivity contribution in [3.63, 3.8) is 0 Å². The number of aryl methyl sites for hydroxylation is 1. The minimum Gasteiger partial charge on any atom is -0.744 e. The number of aromatic hydroxyl groups is 1. The van der Waals surface area contributed by atoms with Crippen molar-refractivity contribution in [2.24, 2.45) is 0 Å². The highest BCUT2D eigenvalue weighted by molar-refractivity contribution is 7.86. The van der Waals surface area contributed by atoms with E-state index in [1.165, 1.54) is 36.4 Å². The zero-order valence-corrected chi connectivity index (χ0v) is 16.9. The Balaban J connectivity index is 0.00000256. The van der Waals surface area contributed by atoms with E-state index < -0.39 is 26.6 Å². The highest BCUT2D eigenvalue weighted by Gasteiger charge is 2.34. The second kappa shape index (κ2) is 7.33. The molecule has 0 saturated carbocycles. The number of nitrogens with one attached hydrogen (secondary N) is 1. The van der Waals surface area contributed by atoms with Crippen molar-refractivity contribution in [2.75, 3.05) is 5.32 Å². The molecule has 0 spiro atoms. The summed E-state index contributed by atoms with van der Waals surface area (Å²) in [5.41, 5.74) is 0.755. The summed E-state index contributed by atoms with van der Waals surface area (Å²) >= 11 is 0. The molecule has 0 amide bonds. The standard InChI is InChI=1S/C21H15NO6S.CH3/c1-11-6-7-14(17(10-11)29(26,27)28)22-15-8-9-16(23)19-18(15)20(24)12-4-2-3-5-13(12)21(19)25;/h2-10,22-23H,1H3,(H,26,27,28);1H3/q;+1/p-1. The molecule has 30 heavy (non-hydrogen) atoms. The van der Waals surface area contributed by atoms with Crippen molar-refractivity contribution in [2.45, 2.75) is 11.8 Å².